The first kappa shape index (κ1) is 11.2. The minimum Gasteiger partial charge on any atom is -0.264 e. The molecule has 0 saturated carbocycles. The largest absolute Gasteiger partial charge is 0.264 e. The van der Waals surface area contributed by atoms with Crippen LogP contribution >= 0.6 is 11.6 Å². The van der Waals surface area contributed by atoms with Gasteiger partial charge in [0.25, 0.3) is 0 Å². The van der Waals surface area contributed by atoms with E-state index >= 15 is 0 Å². The fourth-order valence-corrected chi connectivity index (χ4v) is 2.09. The van der Waals surface area contributed by atoms with Crippen molar-refractivity contribution in [3.05, 3.63) is 53.2 Å². The van der Waals surface area contributed by atoms with Crippen LogP contribution in [-0.4, -0.2) is 19.7 Å². The lowest BCUT2D eigenvalue weighted by Crippen LogP contribution is -2.06. The molecule has 18 heavy (non-hydrogen) atoms. The second-order valence-electron chi connectivity index (χ2n) is 4.10. The van der Waals surface area contributed by atoms with Gasteiger partial charge in [0, 0.05) is 17.3 Å². The van der Waals surface area contributed by atoms with Crippen molar-refractivity contribution in [3.63, 3.8) is 0 Å². The van der Waals surface area contributed by atoms with Gasteiger partial charge in [-0.25, -0.2) is 9.97 Å². The van der Waals surface area contributed by atoms with Crippen LogP contribution in [0.15, 0.2) is 36.7 Å². The number of para-hydroxylation sites is 1. The normalized spacial score (nSPS) is 11.0. The maximum Gasteiger partial charge on any atom is 0.150 e. The van der Waals surface area contributed by atoms with E-state index in [0.717, 1.165) is 22.4 Å². The van der Waals surface area contributed by atoms with Gasteiger partial charge in [-0.3, -0.25) is 4.68 Å². The van der Waals surface area contributed by atoms with Crippen LogP contribution in [0.3, 0.4) is 0 Å². The number of halogens is 1. The fourth-order valence-electron chi connectivity index (χ4n) is 1.94. The number of hydrogen-bond acceptors (Lipinski definition) is 3. The monoisotopic (exact) mass is 258 g/mol. The van der Waals surface area contributed by atoms with Crippen molar-refractivity contribution in [2.24, 2.45) is 0 Å². The van der Waals surface area contributed by atoms with Crippen molar-refractivity contribution < 1.29 is 0 Å². The summed E-state index contributed by atoms with van der Waals surface area (Å²) in [5.41, 5.74) is 1.94. The van der Waals surface area contributed by atoms with Crippen molar-refractivity contribution in [2.45, 2.75) is 13.5 Å². The number of fused-ring (bicyclic) bond motifs is 1. The number of benzene rings is 1. The van der Waals surface area contributed by atoms with Crippen molar-refractivity contribution >= 4 is 22.5 Å². The van der Waals surface area contributed by atoms with Crippen molar-refractivity contribution in [1.29, 1.82) is 0 Å². The van der Waals surface area contributed by atoms with Crippen LogP contribution in [0.2, 0.25) is 5.02 Å². The van der Waals surface area contributed by atoms with Gasteiger partial charge in [0.15, 0.2) is 5.82 Å². The molecular weight excluding hydrogens is 248 g/mol. The van der Waals surface area contributed by atoms with Crippen LogP contribution < -0.4 is 0 Å². The molecule has 0 atom stereocenters. The molecule has 0 bridgehead atoms. The van der Waals surface area contributed by atoms with Crippen molar-refractivity contribution in [1.82, 2.24) is 19.7 Å². The molecule has 3 rings (SSSR count). The molecule has 0 amide bonds. The molecular formula is C13H11ClN4. The van der Waals surface area contributed by atoms with Crippen LogP contribution in [0.1, 0.15) is 11.5 Å². The van der Waals surface area contributed by atoms with Gasteiger partial charge in [0.2, 0.25) is 0 Å². The Hall–Kier alpha value is -1.94. The highest BCUT2D eigenvalue weighted by Crippen LogP contribution is 2.15. The maximum atomic E-state index is 5.83. The molecule has 0 spiro atoms. The topological polar surface area (TPSA) is 43.6 Å². The number of aryl methyl sites for hydroxylation is 1. The first-order valence-electron chi connectivity index (χ1n) is 5.62. The lowest BCUT2D eigenvalue weighted by Gasteiger charge is -2.05. The Morgan fingerprint density at radius 2 is 2.06 bits per heavy atom. The van der Waals surface area contributed by atoms with E-state index in [1.807, 2.05) is 31.2 Å². The molecule has 0 aliphatic carbocycles. The zero-order valence-electron chi connectivity index (χ0n) is 9.84. The van der Waals surface area contributed by atoms with Gasteiger partial charge in [-0.2, -0.15) is 5.10 Å². The van der Waals surface area contributed by atoms with Crippen LogP contribution in [0.5, 0.6) is 0 Å². The second-order valence-corrected chi connectivity index (χ2v) is 4.53. The second kappa shape index (κ2) is 4.38. The lowest BCUT2D eigenvalue weighted by atomic mass is 10.2. The third-order valence-electron chi connectivity index (χ3n) is 2.75. The van der Waals surface area contributed by atoms with Crippen LogP contribution in [0.25, 0.3) is 10.9 Å². The molecule has 0 saturated heterocycles. The summed E-state index contributed by atoms with van der Waals surface area (Å²) in [6.45, 7) is 2.52. The standard InChI is InChI=1S/C13H11ClN4/c1-9-11-4-2-3-5-12(11)17-13(16-9)8-18-7-10(14)6-15-18/h2-7H,8H2,1H3. The third-order valence-corrected chi connectivity index (χ3v) is 2.94. The van der Waals surface area contributed by atoms with Gasteiger partial charge in [0.1, 0.15) is 6.54 Å². The predicted molar refractivity (Wildman–Crippen MR) is 70.6 cm³/mol. The molecule has 0 aliphatic rings. The summed E-state index contributed by atoms with van der Waals surface area (Å²) in [5, 5.41) is 5.83. The minimum atomic E-state index is 0.526. The Kier molecular flexibility index (Phi) is 2.72. The molecule has 2 aromatic heterocycles. The summed E-state index contributed by atoms with van der Waals surface area (Å²) in [7, 11) is 0. The summed E-state index contributed by atoms with van der Waals surface area (Å²) in [5.74, 6) is 0.742. The van der Waals surface area contributed by atoms with Gasteiger partial charge >= 0.3 is 0 Å². The SMILES string of the molecule is Cc1nc(Cn2cc(Cl)cn2)nc2ccccc12. The van der Waals surface area contributed by atoms with Gasteiger partial charge < -0.3 is 0 Å². The summed E-state index contributed by atoms with van der Waals surface area (Å²) in [4.78, 5) is 9.02. The molecule has 3 aromatic rings. The predicted octanol–water partition coefficient (Wildman–Crippen LogP) is 2.84. The summed E-state index contributed by atoms with van der Waals surface area (Å²) in [6, 6.07) is 7.98. The first-order valence-corrected chi connectivity index (χ1v) is 6.00. The lowest BCUT2D eigenvalue weighted by molar-refractivity contribution is 0.656. The molecule has 1 aromatic carbocycles. The summed E-state index contributed by atoms with van der Waals surface area (Å²) in [6.07, 6.45) is 3.37. The zero-order valence-corrected chi connectivity index (χ0v) is 10.6. The molecule has 0 fully saturated rings. The van der Waals surface area contributed by atoms with Crippen LogP contribution in [-0.2, 0) is 6.54 Å². The van der Waals surface area contributed by atoms with Crippen LogP contribution in [0.4, 0.5) is 0 Å². The molecule has 2 heterocycles. The quantitative estimate of drug-likeness (QED) is 0.710. The van der Waals surface area contributed by atoms with Crippen LogP contribution in [0, 0.1) is 6.92 Å². The summed E-state index contributed by atoms with van der Waals surface area (Å²) >= 11 is 5.83. The van der Waals surface area contributed by atoms with E-state index in [1.54, 1.807) is 17.1 Å². The third kappa shape index (κ3) is 2.07. The van der Waals surface area contributed by atoms with E-state index in [9.17, 15) is 0 Å². The van der Waals surface area contributed by atoms with E-state index in [2.05, 4.69) is 15.1 Å². The highest BCUT2D eigenvalue weighted by Gasteiger charge is 2.05. The van der Waals surface area contributed by atoms with Gasteiger partial charge in [-0.15, -0.1) is 0 Å². The Labute approximate surface area is 109 Å². The highest BCUT2D eigenvalue weighted by molar-refractivity contribution is 6.30. The van der Waals surface area contributed by atoms with Crippen molar-refractivity contribution in [3.8, 4) is 0 Å². The van der Waals surface area contributed by atoms with E-state index in [0.29, 0.717) is 11.6 Å². The Bertz CT molecular complexity index is 705. The van der Waals surface area contributed by atoms with Gasteiger partial charge in [-0.1, -0.05) is 29.8 Å². The molecule has 0 unspecified atom stereocenters. The van der Waals surface area contributed by atoms with Gasteiger partial charge in [-0.05, 0) is 13.0 Å². The van der Waals surface area contributed by atoms with E-state index in [1.165, 1.54) is 0 Å². The fraction of sp³-hybridized carbons (Fsp3) is 0.154. The number of aromatic nitrogens is 4. The summed E-state index contributed by atoms with van der Waals surface area (Å²) < 4.78 is 1.73. The Morgan fingerprint density at radius 3 is 2.83 bits per heavy atom. The molecule has 90 valence electrons. The first-order chi connectivity index (χ1) is 8.72. The maximum absolute atomic E-state index is 5.83. The number of hydrogen-bond donors (Lipinski definition) is 0. The molecule has 4 nitrogen and oxygen atoms in total. The number of rotatable bonds is 2. The average Bonchev–Trinajstić information content (AvgIpc) is 2.75. The zero-order chi connectivity index (χ0) is 12.5. The smallest absolute Gasteiger partial charge is 0.150 e. The van der Waals surface area contributed by atoms with Crippen molar-refractivity contribution in [2.75, 3.05) is 0 Å². The Balaban J connectivity index is 2.02. The van der Waals surface area contributed by atoms with E-state index in [-0.39, 0.29) is 0 Å². The average molecular weight is 259 g/mol. The Morgan fingerprint density at radius 1 is 1.22 bits per heavy atom. The minimum absolute atomic E-state index is 0.526. The highest BCUT2D eigenvalue weighted by atomic mass is 35.5. The molecule has 0 N–H and O–H groups in total. The van der Waals surface area contributed by atoms with E-state index in [4.69, 9.17) is 11.6 Å². The number of nitrogens with zero attached hydrogens (tertiary/aromatic N) is 4. The molecule has 0 radical (unpaired) electrons. The van der Waals surface area contributed by atoms with E-state index < -0.39 is 0 Å². The molecule has 5 heteroatoms. The van der Waals surface area contributed by atoms with Gasteiger partial charge in [0.05, 0.1) is 16.7 Å². The molecule has 0 aliphatic heterocycles.